The lowest BCUT2D eigenvalue weighted by Gasteiger charge is -2.15. The van der Waals surface area contributed by atoms with Gasteiger partial charge in [-0.05, 0) is 12.1 Å². The van der Waals surface area contributed by atoms with Crippen LogP contribution in [0.25, 0.3) is 0 Å². The summed E-state index contributed by atoms with van der Waals surface area (Å²) in [4.78, 5) is 11.3. The van der Waals surface area contributed by atoms with Crippen LogP contribution in [0.3, 0.4) is 0 Å². The molecule has 0 saturated heterocycles. The first kappa shape index (κ1) is 8.96. The average molecular weight is 196 g/mol. The lowest BCUT2D eigenvalue weighted by Crippen LogP contribution is -2.36. The second-order valence-corrected chi connectivity index (χ2v) is 3.25. The Balaban J connectivity index is 2.59. The van der Waals surface area contributed by atoms with E-state index < -0.39 is 18.2 Å². The Bertz CT molecular complexity index is 408. The van der Waals surface area contributed by atoms with Crippen molar-refractivity contribution in [3.63, 3.8) is 0 Å². The SMILES string of the molecule is Nc1ccc2c(c1)NC(=O)C2(O)CF. The van der Waals surface area contributed by atoms with E-state index in [4.69, 9.17) is 5.73 Å². The first-order chi connectivity index (χ1) is 6.58. The van der Waals surface area contributed by atoms with Gasteiger partial charge in [0.05, 0.1) is 0 Å². The number of nitrogen functional groups attached to an aromatic ring is 1. The Labute approximate surface area is 79.5 Å². The van der Waals surface area contributed by atoms with Crippen LogP contribution in [0.15, 0.2) is 18.2 Å². The van der Waals surface area contributed by atoms with Gasteiger partial charge in [-0.25, -0.2) is 4.39 Å². The van der Waals surface area contributed by atoms with E-state index in [0.29, 0.717) is 11.4 Å². The predicted molar refractivity (Wildman–Crippen MR) is 49.4 cm³/mol. The molecule has 0 bridgehead atoms. The molecule has 1 aliphatic heterocycles. The first-order valence-electron chi connectivity index (χ1n) is 4.08. The summed E-state index contributed by atoms with van der Waals surface area (Å²) >= 11 is 0. The molecule has 1 aliphatic rings. The fraction of sp³-hybridized carbons (Fsp3) is 0.222. The number of amides is 1. The van der Waals surface area contributed by atoms with Crippen LogP contribution in [0.1, 0.15) is 5.56 Å². The fourth-order valence-electron chi connectivity index (χ4n) is 1.51. The molecule has 5 heteroatoms. The van der Waals surface area contributed by atoms with Crippen LogP contribution in [-0.2, 0) is 10.4 Å². The summed E-state index contributed by atoms with van der Waals surface area (Å²) in [5.74, 6) is -0.749. The van der Waals surface area contributed by atoms with E-state index in [-0.39, 0.29) is 5.56 Å². The number of fused-ring (bicyclic) bond motifs is 1. The molecule has 1 aromatic rings. The number of benzene rings is 1. The van der Waals surface area contributed by atoms with Crippen LogP contribution >= 0.6 is 0 Å². The summed E-state index contributed by atoms with van der Waals surface area (Å²) in [5, 5.41) is 12.1. The summed E-state index contributed by atoms with van der Waals surface area (Å²) in [5.41, 5.74) is 4.48. The Morgan fingerprint density at radius 2 is 2.29 bits per heavy atom. The molecule has 1 heterocycles. The van der Waals surface area contributed by atoms with E-state index in [9.17, 15) is 14.3 Å². The maximum atomic E-state index is 12.6. The van der Waals surface area contributed by atoms with Crippen LogP contribution in [-0.4, -0.2) is 17.7 Å². The van der Waals surface area contributed by atoms with Crippen LogP contribution in [0, 0.1) is 0 Å². The molecule has 0 aromatic heterocycles. The van der Waals surface area contributed by atoms with Crippen LogP contribution in [0.4, 0.5) is 15.8 Å². The Morgan fingerprint density at radius 1 is 1.57 bits per heavy atom. The number of nitrogens with one attached hydrogen (secondary N) is 1. The summed E-state index contributed by atoms with van der Waals surface area (Å²) in [6.45, 7) is -1.14. The number of carbonyl (C=O) groups excluding carboxylic acids is 1. The van der Waals surface area contributed by atoms with Gasteiger partial charge in [0.25, 0.3) is 5.91 Å². The zero-order valence-corrected chi connectivity index (χ0v) is 7.25. The number of hydrogen-bond donors (Lipinski definition) is 3. The minimum absolute atomic E-state index is 0.235. The second kappa shape index (κ2) is 2.68. The molecule has 14 heavy (non-hydrogen) atoms. The predicted octanol–water partition coefficient (Wildman–Crippen LogP) is 0.378. The number of aliphatic hydroxyl groups is 1. The van der Waals surface area contributed by atoms with Crippen LogP contribution in [0.5, 0.6) is 0 Å². The van der Waals surface area contributed by atoms with Gasteiger partial charge >= 0.3 is 0 Å². The highest BCUT2D eigenvalue weighted by molar-refractivity contribution is 6.05. The van der Waals surface area contributed by atoms with Crippen molar-refractivity contribution in [2.45, 2.75) is 5.60 Å². The number of halogens is 1. The van der Waals surface area contributed by atoms with Crippen molar-refractivity contribution in [1.29, 1.82) is 0 Å². The molecule has 1 unspecified atom stereocenters. The normalized spacial score (nSPS) is 24.6. The summed E-state index contributed by atoms with van der Waals surface area (Å²) < 4.78 is 12.6. The zero-order valence-electron chi connectivity index (χ0n) is 7.25. The monoisotopic (exact) mass is 196 g/mol. The summed E-state index contributed by atoms with van der Waals surface area (Å²) in [6, 6.07) is 4.45. The molecule has 2 rings (SSSR count). The fourth-order valence-corrected chi connectivity index (χ4v) is 1.51. The molecule has 0 radical (unpaired) electrons. The quantitative estimate of drug-likeness (QED) is 0.568. The minimum Gasteiger partial charge on any atom is -0.399 e. The van der Waals surface area contributed by atoms with Crippen molar-refractivity contribution in [3.8, 4) is 0 Å². The maximum absolute atomic E-state index is 12.6. The highest BCUT2D eigenvalue weighted by Crippen LogP contribution is 2.37. The molecule has 0 spiro atoms. The number of carbonyl (C=O) groups is 1. The van der Waals surface area contributed by atoms with E-state index >= 15 is 0 Å². The van der Waals surface area contributed by atoms with E-state index in [1.165, 1.54) is 18.2 Å². The van der Waals surface area contributed by atoms with E-state index in [0.717, 1.165) is 0 Å². The largest absolute Gasteiger partial charge is 0.399 e. The van der Waals surface area contributed by atoms with Crippen molar-refractivity contribution >= 4 is 17.3 Å². The van der Waals surface area contributed by atoms with Crippen molar-refractivity contribution < 1.29 is 14.3 Å². The molecular formula is C9H9FN2O2. The highest BCUT2D eigenvalue weighted by Gasteiger charge is 2.45. The smallest absolute Gasteiger partial charge is 0.263 e. The third-order valence-corrected chi connectivity index (χ3v) is 2.31. The number of nitrogens with two attached hydrogens (primary N) is 1. The summed E-state index contributed by atoms with van der Waals surface area (Å²) in [7, 11) is 0. The molecule has 1 atom stereocenters. The standard InChI is InChI=1S/C9H9FN2O2/c10-4-9(14)6-2-1-5(11)3-7(6)12-8(9)13/h1-3,14H,4,11H2,(H,12,13). The Hall–Kier alpha value is -1.62. The lowest BCUT2D eigenvalue weighted by molar-refractivity contribution is -0.135. The molecule has 4 N–H and O–H groups in total. The molecule has 0 aliphatic carbocycles. The van der Waals surface area contributed by atoms with Gasteiger partial charge < -0.3 is 16.2 Å². The number of rotatable bonds is 1. The van der Waals surface area contributed by atoms with Gasteiger partial charge in [-0.3, -0.25) is 4.79 Å². The van der Waals surface area contributed by atoms with Crippen molar-refractivity contribution in [3.05, 3.63) is 23.8 Å². The average Bonchev–Trinajstić information content (AvgIpc) is 2.39. The molecule has 4 nitrogen and oxygen atoms in total. The zero-order chi connectivity index (χ0) is 10.3. The van der Waals surface area contributed by atoms with E-state index in [1.807, 2.05) is 0 Å². The van der Waals surface area contributed by atoms with Gasteiger partial charge in [0, 0.05) is 16.9 Å². The second-order valence-electron chi connectivity index (χ2n) is 3.25. The van der Waals surface area contributed by atoms with Crippen molar-refractivity contribution in [2.75, 3.05) is 17.7 Å². The number of alkyl halides is 1. The third-order valence-electron chi connectivity index (χ3n) is 2.31. The van der Waals surface area contributed by atoms with Gasteiger partial charge in [0.15, 0.2) is 5.60 Å². The van der Waals surface area contributed by atoms with Crippen LogP contribution in [0.2, 0.25) is 0 Å². The molecule has 1 amide bonds. The highest BCUT2D eigenvalue weighted by atomic mass is 19.1. The third kappa shape index (κ3) is 0.990. The summed E-state index contributed by atoms with van der Waals surface area (Å²) in [6.07, 6.45) is 0. The Morgan fingerprint density at radius 3 is 2.93 bits per heavy atom. The van der Waals surface area contributed by atoms with Crippen LogP contribution < -0.4 is 11.1 Å². The molecule has 1 aromatic carbocycles. The minimum atomic E-state index is -2.05. The lowest BCUT2D eigenvalue weighted by atomic mass is 9.97. The van der Waals surface area contributed by atoms with E-state index in [2.05, 4.69) is 5.32 Å². The van der Waals surface area contributed by atoms with Crippen molar-refractivity contribution in [1.82, 2.24) is 0 Å². The maximum Gasteiger partial charge on any atom is 0.263 e. The van der Waals surface area contributed by atoms with Gasteiger partial charge in [-0.2, -0.15) is 0 Å². The molecular weight excluding hydrogens is 187 g/mol. The Kier molecular flexibility index (Phi) is 1.72. The topological polar surface area (TPSA) is 75.3 Å². The first-order valence-corrected chi connectivity index (χ1v) is 4.08. The molecule has 74 valence electrons. The van der Waals surface area contributed by atoms with Gasteiger partial charge in [0.2, 0.25) is 0 Å². The molecule has 0 saturated carbocycles. The van der Waals surface area contributed by atoms with Crippen molar-refractivity contribution in [2.24, 2.45) is 0 Å². The van der Waals surface area contributed by atoms with Gasteiger partial charge in [-0.1, -0.05) is 6.07 Å². The number of anilines is 2. The van der Waals surface area contributed by atoms with E-state index in [1.54, 1.807) is 0 Å². The van der Waals surface area contributed by atoms with Gasteiger partial charge in [0.1, 0.15) is 6.67 Å². The van der Waals surface area contributed by atoms with Gasteiger partial charge in [-0.15, -0.1) is 0 Å². The number of hydrogen-bond acceptors (Lipinski definition) is 3. The molecule has 0 fully saturated rings.